The molecule has 98 valence electrons. The molecule has 0 amide bonds. The van der Waals surface area contributed by atoms with Crippen molar-refractivity contribution in [2.75, 3.05) is 6.61 Å². The second-order valence-electron chi connectivity index (χ2n) is 5.43. The summed E-state index contributed by atoms with van der Waals surface area (Å²) < 4.78 is 8.23. The highest BCUT2D eigenvalue weighted by Crippen LogP contribution is 2.14. The van der Waals surface area contributed by atoms with E-state index in [9.17, 15) is 0 Å². The molecule has 0 aliphatic heterocycles. The third-order valence-corrected chi connectivity index (χ3v) is 4.67. The lowest BCUT2D eigenvalue weighted by atomic mass is 10.4. The Morgan fingerprint density at radius 1 is 1.39 bits per heavy atom. The third kappa shape index (κ3) is 3.60. The SMILES string of the molecule is C[Si](C)(C)CCOCn1nnc2cc(Br)cnc21. The molecular weight excluding hydrogens is 312 g/mol. The maximum atomic E-state index is 5.64. The van der Waals surface area contributed by atoms with Crippen LogP contribution < -0.4 is 0 Å². The summed E-state index contributed by atoms with van der Waals surface area (Å²) in [6, 6.07) is 3.05. The van der Waals surface area contributed by atoms with Crippen LogP contribution >= 0.6 is 15.9 Å². The van der Waals surface area contributed by atoms with E-state index < -0.39 is 8.07 Å². The molecule has 0 unspecified atom stereocenters. The van der Waals surface area contributed by atoms with Gasteiger partial charge >= 0.3 is 0 Å². The van der Waals surface area contributed by atoms with Gasteiger partial charge < -0.3 is 4.74 Å². The third-order valence-electron chi connectivity index (χ3n) is 2.53. The molecule has 0 aromatic carbocycles. The van der Waals surface area contributed by atoms with Crippen molar-refractivity contribution in [3.8, 4) is 0 Å². The van der Waals surface area contributed by atoms with Gasteiger partial charge in [0.2, 0.25) is 0 Å². The number of nitrogens with zero attached hydrogens (tertiary/aromatic N) is 4. The van der Waals surface area contributed by atoms with E-state index in [-0.39, 0.29) is 0 Å². The Morgan fingerprint density at radius 2 is 2.17 bits per heavy atom. The number of rotatable bonds is 5. The molecule has 0 saturated heterocycles. The van der Waals surface area contributed by atoms with Crippen molar-refractivity contribution in [3.05, 3.63) is 16.7 Å². The number of aromatic nitrogens is 4. The molecule has 2 aromatic rings. The second-order valence-corrected chi connectivity index (χ2v) is 12.0. The molecule has 0 fully saturated rings. The van der Waals surface area contributed by atoms with E-state index in [1.165, 1.54) is 0 Å². The first kappa shape index (κ1) is 13.6. The molecule has 0 spiro atoms. The lowest BCUT2D eigenvalue weighted by Gasteiger charge is -2.15. The monoisotopic (exact) mass is 328 g/mol. The van der Waals surface area contributed by atoms with Gasteiger partial charge in [0, 0.05) is 25.4 Å². The van der Waals surface area contributed by atoms with E-state index in [2.05, 4.69) is 50.9 Å². The van der Waals surface area contributed by atoms with Crippen molar-refractivity contribution in [2.24, 2.45) is 0 Å². The van der Waals surface area contributed by atoms with Gasteiger partial charge in [0.1, 0.15) is 12.2 Å². The fourth-order valence-electron chi connectivity index (χ4n) is 1.45. The fourth-order valence-corrected chi connectivity index (χ4v) is 2.53. The molecular formula is C11H17BrN4OSi. The summed E-state index contributed by atoms with van der Waals surface area (Å²) in [5, 5.41) is 8.10. The minimum absolute atomic E-state index is 0.412. The predicted molar refractivity (Wildman–Crippen MR) is 77.1 cm³/mol. The zero-order chi connectivity index (χ0) is 13.2. The first-order chi connectivity index (χ1) is 8.46. The lowest BCUT2D eigenvalue weighted by molar-refractivity contribution is 0.0799. The van der Waals surface area contributed by atoms with Crippen LogP contribution in [0, 0.1) is 0 Å². The van der Waals surface area contributed by atoms with Gasteiger partial charge in [-0.2, -0.15) is 0 Å². The van der Waals surface area contributed by atoms with Crippen LogP contribution in [0.2, 0.25) is 25.7 Å². The molecule has 2 aromatic heterocycles. The normalized spacial score (nSPS) is 12.2. The molecule has 5 nitrogen and oxygen atoms in total. The van der Waals surface area contributed by atoms with Crippen molar-refractivity contribution in [1.29, 1.82) is 0 Å². The van der Waals surface area contributed by atoms with Crippen LogP contribution in [0.3, 0.4) is 0 Å². The van der Waals surface area contributed by atoms with Crippen LogP contribution in [0.5, 0.6) is 0 Å². The molecule has 7 heteroatoms. The van der Waals surface area contributed by atoms with Crippen LogP contribution in [-0.2, 0) is 11.5 Å². The summed E-state index contributed by atoms with van der Waals surface area (Å²) in [6.45, 7) is 8.18. The number of fused-ring (bicyclic) bond motifs is 1. The molecule has 2 rings (SSSR count). The average molecular weight is 329 g/mol. The topological polar surface area (TPSA) is 52.8 Å². The van der Waals surface area contributed by atoms with Crippen LogP contribution in [0.1, 0.15) is 0 Å². The highest BCUT2D eigenvalue weighted by atomic mass is 79.9. The molecule has 0 bridgehead atoms. The summed E-state index contributed by atoms with van der Waals surface area (Å²) >= 11 is 3.36. The zero-order valence-corrected chi connectivity index (χ0v) is 13.4. The Balaban J connectivity index is 1.96. The lowest BCUT2D eigenvalue weighted by Crippen LogP contribution is -2.22. The molecule has 0 aliphatic carbocycles. The number of halogens is 1. The fraction of sp³-hybridized carbons (Fsp3) is 0.545. The summed E-state index contributed by atoms with van der Waals surface area (Å²) in [7, 11) is -1.03. The van der Waals surface area contributed by atoms with Gasteiger partial charge in [0.15, 0.2) is 5.65 Å². The molecule has 0 N–H and O–H groups in total. The van der Waals surface area contributed by atoms with E-state index in [0.717, 1.165) is 28.3 Å². The quantitative estimate of drug-likeness (QED) is 0.625. The van der Waals surface area contributed by atoms with Crippen LogP contribution in [0.15, 0.2) is 16.7 Å². The zero-order valence-electron chi connectivity index (χ0n) is 10.9. The maximum Gasteiger partial charge on any atom is 0.180 e. The number of hydrogen-bond donors (Lipinski definition) is 0. The van der Waals surface area contributed by atoms with Gasteiger partial charge in [-0.05, 0) is 28.0 Å². The first-order valence-corrected chi connectivity index (χ1v) is 10.4. The van der Waals surface area contributed by atoms with E-state index in [1.807, 2.05) is 6.07 Å². The van der Waals surface area contributed by atoms with Crippen molar-refractivity contribution >= 4 is 35.2 Å². The smallest absolute Gasteiger partial charge is 0.180 e. The molecule has 0 radical (unpaired) electrons. The summed E-state index contributed by atoms with van der Waals surface area (Å²) in [5.74, 6) is 0. The Morgan fingerprint density at radius 3 is 2.89 bits per heavy atom. The first-order valence-electron chi connectivity index (χ1n) is 5.88. The molecule has 0 atom stereocenters. The van der Waals surface area contributed by atoms with Crippen molar-refractivity contribution in [1.82, 2.24) is 20.0 Å². The van der Waals surface area contributed by atoms with Crippen LogP contribution in [0.4, 0.5) is 0 Å². The maximum absolute atomic E-state index is 5.64. The second kappa shape index (κ2) is 5.46. The van der Waals surface area contributed by atoms with E-state index in [1.54, 1.807) is 10.9 Å². The average Bonchev–Trinajstić information content (AvgIpc) is 2.65. The summed E-state index contributed by atoms with van der Waals surface area (Å²) in [4.78, 5) is 4.29. The van der Waals surface area contributed by atoms with Crippen molar-refractivity contribution < 1.29 is 4.74 Å². The largest absolute Gasteiger partial charge is 0.359 e. The molecule has 0 aliphatic rings. The highest BCUT2D eigenvalue weighted by molar-refractivity contribution is 9.10. The summed E-state index contributed by atoms with van der Waals surface area (Å²) in [5.41, 5.74) is 1.53. The number of ether oxygens (including phenoxy) is 1. The van der Waals surface area contributed by atoms with Crippen LogP contribution in [0.25, 0.3) is 11.2 Å². The Bertz CT molecular complexity index is 537. The number of hydrogen-bond acceptors (Lipinski definition) is 4. The Kier molecular flexibility index (Phi) is 4.13. The van der Waals surface area contributed by atoms with Crippen molar-refractivity contribution in [2.45, 2.75) is 32.4 Å². The molecule has 18 heavy (non-hydrogen) atoms. The van der Waals surface area contributed by atoms with Gasteiger partial charge in [-0.3, -0.25) is 0 Å². The highest BCUT2D eigenvalue weighted by Gasteiger charge is 2.12. The van der Waals surface area contributed by atoms with Crippen LogP contribution in [-0.4, -0.2) is 34.7 Å². The Labute approximate surface area is 116 Å². The van der Waals surface area contributed by atoms with Crippen molar-refractivity contribution in [3.63, 3.8) is 0 Å². The van der Waals surface area contributed by atoms with Gasteiger partial charge in [0.05, 0.1) is 0 Å². The predicted octanol–water partition coefficient (Wildman–Crippen LogP) is 2.90. The van der Waals surface area contributed by atoms with Gasteiger partial charge in [-0.25, -0.2) is 9.67 Å². The Hall–Kier alpha value is -0.793. The van der Waals surface area contributed by atoms with Gasteiger partial charge in [-0.15, -0.1) is 5.10 Å². The van der Waals surface area contributed by atoms with Gasteiger partial charge in [0.25, 0.3) is 0 Å². The molecule has 2 heterocycles. The molecule has 0 saturated carbocycles. The number of pyridine rings is 1. The van der Waals surface area contributed by atoms with Gasteiger partial charge in [-0.1, -0.05) is 24.9 Å². The standard InChI is InChI=1S/C11H17BrN4OSi/c1-18(2,3)5-4-17-8-16-11-10(14-15-16)6-9(12)7-13-11/h6-7H,4-5,8H2,1-3H3. The van der Waals surface area contributed by atoms with E-state index in [4.69, 9.17) is 4.74 Å². The summed E-state index contributed by atoms with van der Waals surface area (Å²) in [6.07, 6.45) is 1.74. The van der Waals surface area contributed by atoms with E-state index in [0.29, 0.717) is 6.73 Å². The van der Waals surface area contributed by atoms with E-state index >= 15 is 0 Å². The minimum atomic E-state index is -1.03. The minimum Gasteiger partial charge on any atom is -0.359 e.